The number of aromatic nitrogens is 1. The number of sulfonamides is 1. The molecule has 2 heterocycles. The number of pyridine rings is 1. The first-order valence-electron chi connectivity index (χ1n) is 6.79. The van der Waals surface area contributed by atoms with Crippen LogP contribution in [0.5, 0.6) is 5.88 Å². The first-order valence-corrected chi connectivity index (χ1v) is 8.44. The molecule has 1 aromatic rings. The van der Waals surface area contributed by atoms with Gasteiger partial charge < -0.3 is 10.1 Å². The number of hydrogen-bond donors (Lipinski definition) is 2. The minimum atomic E-state index is -3.27. The van der Waals surface area contributed by atoms with Crippen molar-refractivity contribution in [3.05, 3.63) is 23.9 Å². The van der Waals surface area contributed by atoms with E-state index in [1.165, 1.54) is 0 Å². The maximum absolute atomic E-state index is 12.0. The van der Waals surface area contributed by atoms with Crippen LogP contribution in [0.25, 0.3) is 0 Å². The summed E-state index contributed by atoms with van der Waals surface area (Å²) < 4.78 is 31.6. The zero-order valence-electron chi connectivity index (χ0n) is 11.6. The van der Waals surface area contributed by atoms with Crippen molar-refractivity contribution in [2.45, 2.75) is 31.8 Å². The summed E-state index contributed by atoms with van der Waals surface area (Å²) in [6, 6.07) is 3.58. The van der Waals surface area contributed by atoms with Crippen LogP contribution in [0.15, 0.2) is 18.3 Å². The Labute approximate surface area is 120 Å². The molecule has 0 aromatic carbocycles. The summed E-state index contributed by atoms with van der Waals surface area (Å²) in [5.74, 6) is 0.652. The van der Waals surface area contributed by atoms with Gasteiger partial charge in [-0.15, -0.1) is 0 Å². The van der Waals surface area contributed by atoms with E-state index in [1.807, 2.05) is 0 Å². The molecule has 0 saturated carbocycles. The van der Waals surface area contributed by atoms with Gasteiger partial charge in [-0.1, -0.05) is 12.5 Å². The number of ether oxygens (including phenoxy) is 1. The second-order valence-corrected chi connectivity index (χ2v) is 6.81. The normalized spacial score (nSPS) is 19.8. The second kappa shape index (κ2) is 7.01. The molecule has 0 amide bonds. The van der Waals surface area contributed by atoms with E-state index in [-0.39, 0.29) is 18.3 Å². The van der Waals surface area contributed by atoms with E-state index in [0.717, 1.165) is 31.4 Å². The molecule has 20 heavy (non-hydrogen) atoms. The third-order valence-electron chi connectivity index (χ3n) is 3.34. The smallest absolute Gasteiger partial charge is 0.213 e. The van der Waals surface area contributed by atoms with Gasteiger partial charge in [-0.05, 0) is 24.9 Å². The van der Waals surface area contributed by atoms with Crippen molar-refractivity contribution in [1.82, 2.24) is 15.0 Å². The minimum absolute atomic E-state index is 0.0650. The summed E-state index contributed by atoms with van der Waals surface area (Å²) in [4.78, 5) is 4.04. The van der Waals surface area contributed by atoms with Gasteiger partial charge in [0.1, 0.15) is 0 Å². The molecule has 1 aliphatic rings. The van der Waals surface area contributed by atoms with E-state index >= 15 is 0 Å². The molecule has 0 radical (unpaired) electrons. The highest BCUT2D eigenvalue weighted by atomic mass is 32.2. The van der Waals surface area contributed by atoms with E-state index in [9.17, 15) is 8.42 Å². The van der Waals surface area contributed by atoms with Crippen LogP contribution in [0.1, 0.15) is 24.8 Å². The Kier molecular flexibility index (Phi) is 5.33. The lowest BCUT2D eigenvalue weighted by molar-refractivity contribution is 0.397. The lowest BCUT2D eigenvalue weighted by atomic mass is 10.1. The third-order valence-corrected chi connectivity index (χ3v) is 4.76. The average Bonchev–Trinajstić information content (AvgIpc) is 2.46. The largest absolute Gasteiger partial charge is 0.481 e. The first-order chi connectivity index (χ1) is 9.59. The molecule has 1 aliphatic heterocycles. The zero-order chi connectivity index (χ0) is 14.4. The van der Waals surface area contributed by atoms with Gasteiger partial charge in [0, 0.05) is 24.8 Å². The predicted octanol–water partition coefficient (Wildman–Crippen LogP) is 0.652. The van der Waals surface area contributed by atoms with Gasteiger partial charge in [-0.25, -0.2) is 18.1 Å². The van der Waals surface area contributed by atoms with Crippen LogP contribution >= 0.6 is 0 Å². The molecule has 1 unspecified atom stereocenters. The molecule has 0 aliphatic carbocycles. The summed E-state index contributed by atoms with van der Waals surface area (Å²) in [7, 11) is -1.72. The van der Waals surface area contributed by atoms with Gasteiger partial charge in [0.05, 0.1) is 12.9 Å². The Morgan fingerprint density at radius 2 is 2.30 bits per heavy atom. The van der Waals surface area contributed by atoms with Crippen molar-refractivity contribution in [1.29, 1.82) is 0 Å². The average molecular weight is 299 g/mol. The second-order valence-electron chi connectivity index (χ2n) is 4.96. The fraction of sp³-hybridized carbons (Fsp3) is 0.615. The lowest BCUT2D eigenvalue weighted by Gasteiger charge is -2.23. The number of hydrogen-bond acceptors (Lipinski definition) is 5. The maximum atomic E-state index is 12.0. The third kappa shape index (κ3) is 4.73. The summed E-state index contributed by atoms with van der Waals surface area (Å²) in [5.41, 5.74) is 0.811. The molecular formula is C13H21N3O3S. The van der Waals surface area contributed by atoms with Crippen LogP contribution < -0.4 is 14.8 Å². The molecule has 6 nitrogen and oxygen atoms in total. The quantitative estimate of drug-likeness (QED) is 0.806. The van der Waals surface area contributed by atoms with Crippen molar-refractivity contribution < 1.29 is 13.2 Å². The van der Waals surface area contributed by atoms with Gasteiger partial charge in [-0.3, -0.25) is 0 Å². The molecule has 0 spiro atoms. The van der Waals surface area contributed by atoms with Crippen LogP contribution in [0.3, 0.4) is 0 Å². The summed E-state index contributed by atoms with van der Waals surface area (Å²) in [6.45, 7) is 1.16. The van der Waals surface area contributed by atoms with Gasteiger partial charge in [-0.2, -0.15) is 0 Å². The summed E-state index contributed by atoms with van der Waals surface area (Å²) >= 11 is 0. The standard InChI is InChI=1S/C13H21N3O3S/c1-19-13-6-5-11(8-15-13)9-16-20(17,18)10-12-4-2-3-7-14-12/h5-6,8,12,14,16H,2-4,7,9-10H2,1H3. The van der Waals surface area contributed by atoms with E-state index in [2.05, 4.69) is 15.0 Å². The van der Waals surface area contributed by atoms with E-state index in [0.29, 0.717) is 5.88 Å². The lowest BCUT2D eigenvalue weighted by Crippen LogP contribution is -2.42. The van der Waals surface area contributed by atoms with Gasteiger partial charge in [0.2, 0.25) is 15.9 Å². The van der Waals surface area contributed by atoms with Crippen molar-refractivity contribution in [2.24, 2.45) is 0 Å². The molecule has 1 aromatic heterocycles. The van der Waals surface area contributed by atoms with Crippen molar-refractivity contribution >= 4 is 10.0 Å². The molecule has 2 rings (SSSR count). The van der Waals surface area contributed by atoms with Crippen LogP contribution in [0.2, 0.25) is 0 Å². The van der Waals surface area contributed by atoms with Gasteiger partial charge in [0.15, 0.2) is 0 Å². The summed E-state index contributed by atoms with van der Waals surface area (Å²) in [5, 5.41) is 3.24. The van der Waals surface area contributed by atoms with E-state index < -0.39 is 10.0 Å². The Hall–Kier alpha value is -1.18. The SMILES string of the molecule is COc1ccc(CNS(=O)(=O)CC2CCCCN2)cn1. The Morgan fingerprint density at radius 1 is 1.45 bits per heavy atom. The highest BCUT2D eigenvalue weighted by Crippen LogP contribution is 2.10. The van der Waals surface area contributed by atoms with Crippen LogP contribution in [0.4, 0.5) is 0 Å². The van der Waals surface area contributed by atoms with Gasteiger partial charge in [0.25, 0.3) is 0 Å². The van der Waals surface area contributed by atoms with E-state index in [1.54, 1.807) is 25.4 Å². The van der Waals surface area contributed by atoms with Crippen molar-refractivity contribution in [3.63, 3.8) is 0 Å². The predicted molar refractivity (Wildman–Crippen MR) is 77.1 cm³/mol. The summed E-state index contributed by atoms with van der Waals surface area (Å²) in [6.07, 6.45) is 4.75. The molecule has 1 saturated heterocycles. The highest BCUT2D eigenvalue weighted by molar-refractivity contribution is 7.89. The number of nitrogens with zero attached hydrogens (tertiary/aromatic N) is 1. The first kappa shape index (κ1) is 15.2. The number of methoxy groups -OCH3 is 1. The number of nitrogens with one attached hydrogen (secondary N) is 2. The van der Waals surface area contributed by atoms with Gasteiger partial charge >= 0.3 is 0 Å². The molecular weight excluding hydrogens is 278 g/mol. The number of rotatable bonds is 6. The fourth-order valence-electron chi connectivity index (χ4n) is 2.22. The number of piperidine rings is 1. The minimum Gasteiger partial charge on any atom is -0.481 e. The maximum Gasteiger partial charge on any atom is 0.213 e. The topological polar surface area (TPSA) is 80.3 Å². The van der Waals surface area contributed by atoms with Crippen molar-refractivity contribution in [3.8, 4) is 5.88 Å². The van der Waals surface area contributed by atoms with Crippen LogP contribution in [-0.4, -0.2) is 38.9 Å². The highest BCUT2D eigenvalue weighted by Gasteiger charge is 2.20. The Morgan fingerprint density at radius 3 is 2.90 bits per heavy atom. The Balaban J connectivity index is 1.84. The monoisotopic (exact) mass is 299 g/mol. The molecule has 112 valence electrons. The van der Waals surface area contributed by atoms with Crippen LogP contribution in [-0.2, 0) is 16.6 Å². The van der Waals surface area contributed by atoms with Crippen molar-refractivity contribution in [2.75, 3.05) is 19.4 Å². The molecule has 1 fully saturated rings. The molecule has 0 bridgehead atoms. The molecule has 7 heteroatoms. The zero-order valence-corrected chi connectivity index (χ0v) is 12.4. The van der Waals surface area contributed by atoms with Crippen LogP contribution in [0, 0.1) is 0 Å². The fourth-order valence-corrected chi connectivity index (χ4v) is 3.54. The molecule has 1 atom stereocenters. The Bertz CT molecular complexity index is 510. The van der Waals surface area contributed by atoms with E-state index in [4.69, 9.17) is 4.74 Å². The molecule has 2 N–H and O–H groups in total.